The van der Waals surface area contributed by atoms with Crippen molar-refractivity contribution in [2.75, 3.05) is 39.0 Å². The van der Waals surface area contributed by atoms with Gasteiger partial charge in [0.1, 0.15) is 6.10 Å². The second-order valence-corrected chi connectivity index (χ2v) is 11.4. The molecule has 9 nitrogen and oxygen atoms in total. The summed E-state index contributed by atoms with van der Waals surface area (Å²) in [6.07, 6.45) is 2.49. The quantitative estimate of drug-likeness (QED) is 0.226. The lowest BCUT2D eigenvalue weighted by Gasteiger charge is -2.40. The van der Waals surface area contributed by atoms with Crippen molar-refractivity contribution < 1.29 is 19.5 Å². The van der Waals surface area contributed by atoms with Crippen molar-refractivity contribution in [2.24, 2.45) is 0 Å². The Morgan fingerprint density at radius 3 is 2.36 bits per heavy atom. The fourth-order valence-electron chi connectivity index (χ4n) is 5.36. The molecule has 1 aliphatic heterocycles. The molecule has 0 bridgehead atoms. The number of likely N-dealkylation sites (tertiary alicyclic amines) is 1. The third-order valence-corrected chi connectivity index (χ3v) is 8.71. The second kappa shape index (κ2) is 15.7. The highest BCUT2D eigenvalue weighted by Gasteiger charge is 2.29. The molecular weight excluding hydrogens is 550 g/mol. The Morgan fingerprint density at radius 2 is 1.62 bits per heavy atom. The molecule has 1 fully saturated rings. The van der Waals surface area contributed by atoms with Crippen molar-refractivity contribution in [1.82, 2.24) is 25.2 Å². The number of rotatable bonds is 13. The summed E-state index contributed by atoms with van der Waals surface area (Å²) in [6.45, 7) is 4.16. The molecule has 42 heavy (non-hydrogen) atoms. The fourth-order valence-corrected chi connectivity index (χ4v) is 6.12. The Balaban J connectivity index is 1.16. The zero-order chi connectivity index (χ0) is 29.9. The van der Waals surface area contributed by atoms with Crippen LogP contribution in [0.3, 0.4) is 0 Å². The van der Waals surface area contributed by atoms with Crippen LogP contribution in [0.15, 0.2) is 72.8 Å². The summed E-state index contributed by atoms with van der Waals surface area (Å²) in [5.41, 5.74) is 2.25. The molecular formula is C32H41N5O4S. The highest BCUT2D eigenvalue weighted by atomic mass is 32.2. The van der Waals surface area contributed by atoms with E-state index in [1.54, 1.807) is 11.9 Å². The Morgan fingerprint density at radius 1 is 0.929 bits per heavy atom. The van der Waals surface area contributed by atoms with Gasteiger partial charge in [0.05, 0.1) is 19.6 Å². The predicted molar refractivity (Wildman–Crippen MR) is 167 cm³/mol. The molecule has 1 saturated heterocycles. The van der Waals surface area contributed by atoms with Gasteiger partial charge in [-0.2, -0.15) is 0 Å². The first-order chi connectivity index (χ1) is 20.4. The minimum atomic E-state index is -1.38. The number of carbonyl (C=O) groups excluding carboxylic acids is 3. The first-order valence-electron chi connectivity index (χ1n) is 14.4. The first-order valence-corrected chi connectivity index (χ1v) is 15.6. The normalized spacial score (nSPS) is 15.7. The van der Waals surface area contributed by atoms with Crippen LogP contribution >= 0.6 is 11.9 Å². The molecule has 1 aliphatic rings. The highest BCUT2D eigenvalue weighted by molar-refractivity contribution is 7.96. The fraction of sp³-hybridized carbons (Fsp3) is 0.406. The molecule has 0 aliphatic carbocycles. The van der Waals surface area contributed by atoms with E-state index < -0.39 is 17.9 Å². The molecule has 10 heteroatoms. The summed E-state index contributed by atoms with van der Waals surface area (Å²) in [5.74, 6) is -1.28. The Kier molecular flexibility index (Phi) is 11.8. The average Bonchev–Trinajstić information content (AvgIpc) is 3.04. The number of amides is 3. The molecule has 4 N–H and O–H groups in total. The SMILES string of the molecule is CSN(CC(=O)NCC(=O)NCC(O)C(=O)NCc1ccccc1)C1CCN(C(C)c2cccc3ccccc23)CC1. The van der Waals surface area contributed by atoms with E-state index in [9.17, 15) is 19.5 Å². The maximum absolute atomic E-state index is 12.6. The Hall–Kier alpha value is -3.44. The number of fused-ring (bicyclic) bond motifs is 1. The topological polar surface area (TPSA) is 114 Å². The molecule has 0 radical (unpaired) electrons. The molecule has 224 valence electrons. The van der Waals surface area contributed by atoms with Crippen LogP contribution in [0.2, 0.25) is 0 Å². The van der Waals surface area contributed by atoms with E-state index in [-0.39, 0.29) is 38.1 Å². The summed E-state index contributed by atoms with van der Waals surface area (Å²) < 4.78 is 2.09. The summed E-state index contributed by atoms with van der Waals surface area (Å²) in [6, 6.07) is 24.9. The van der Waals surface area contributed by atoms with Crippen LogP contribution in [0, 0.1) is 0 Å². The molecule has 0 aromatic heterocycles. The zero-order valence-corrected chi connectivity index (χ0v) is 25.1. The van der Waals surface area contributed by atoms with E-state index in [0.717, 1.165) is 31.5 Å². The van der Waals surface area contributed by atoms with Crippen LogP contribution < -0.4 is 16.0 Å². The van der Waals surface area contributed by atoms with E-state index in [1.165, 1.54) is 16.3 Å². The number of hydrogen-bond donors (Lipinski definition) is 4. The number of aliphatic hydroxyl groups is 1. The van der Waals surface area contributed by atoms with E-state index in [4.69, 9.17) is 0 Å². The van der Waals surface area contributed by atoms with Crippen molar-refractivity contribution in [2.45, 2.75) is 44.5 Å². The smallest absolute Gasteiger partial charge is 0.250 e. The molecule has 4 rings (SSSR count). The van der Waals surface area contributed by atoms with Gasteiger partial charge in [0.25, 0.3) is 5.91 Å². The third-order valence-electron chi connectivity index (χ3n) is 7.81. The molecule has 0 saturated carbocycles. The first kappa shape index (κ1) is 31.5. The lowest BCUT2D eigenvalue weighted by atomic mass is 9.96. The zero-order valence-electron chi connectivity index (χ0n) is 24.3. The number of benzene rings is 3. The van der Waals surface area contributed by atoms with Crippen LogP contribution in [-0.2, 0) is 20.9 Å². The van der Waals surface area contributed by atoms with Gasteiger partial charge in [-0.05, 0) is 47.9 Å². The largest absolute Gasteiger partial charge is 0.381 e. The molecule has 0 spiro atoms. The minimum Gasteiger partial charge on any atom is -0.381 e. The number of aliphatic hydroxyl groups excluding tert-OH is 1. The Labute approximate surface area is 252 Å². The summed E-state index contributed by atoms with van der Waals surface area (Å²) in [5, 5.41) is 20.4. The summed E-state index contributed by atoms with van der Waals surface area (Å²) in [7, 11) is 0. The van der Waals surface area contributed by atoms with Crippen LogP contribution in [0.4, 0.5) is 0 Å². The van der Waals surface area contributed by atoms with Gasteiger partial charge in [-0.15, -0.1) is 0 Å². The average molecular weight is 592 g/mol. The molecule has 3 aromatic rings. The van der Waals surface area contributed by atoms with Gasteiger partial charge in [-0.25, -0.2) is 4.31 Å². The van der Waals surface area contributed by atoms with E-state index in [2.05, 4.69) is 74.5 Å². The molecule has 2 unspecified atom stereocenters. The lowest BCUT2D eigenvalue weighted by molar-refractivity contribution is -0.130. The van der Waals surface area contributed by atoms with Crippen molar-refractivity contribution in [3.8, 4) is 0 Å². The molecule has 2 atom stereocenters. The van der Waals surface area contributed by atoms with Gasteiger partial charge >= 0.3 is 0 Å². The summed E-state index contributed by atoms with van der Waals surface area (Å²) in [4.78, 5) is 39.5. The van der Waals surface area contributed by atoms with Gasteiger partial charge in [0.15, 0.2) is 0 Å². The predicted octanol–water partition coefficient (Wildman–Crippen LogP) is 2.85. The third kappa shape index (κ3) is 8.78. The number of hydrogen-bond acceptors (Lipinski definition) is 7. The highest BCUT2D eigenvalue weighted by Crippen LogP contribution is 2.31. The van der Waals surface area contributed by atoms with E-state index in [0.29, 0.717) is 6.04 Å². The second-order valence-electron chi connectivity index (χ2n) is 10.6. The number of carbonyl (C=O) groups is 3. The number of nitrogens with one attached hydrogen (secondary N) is 3. The van der Waals surface area contributed by atoms with Crippen LogP contribution in [0.1, 0.15) is 36.9 Å². The van der Waals surface area contributed by atoms with Crippen LogP contribution in [-0.4, -0.2) is 83.2 Å². The van der Waals surface area contributed by atoms with E-state index >= 15 is 0 Å². The van der Waals surface area contributed by atoms with Gasteiger partial charge in [-0.1, -0.05) is 84.7 Å². The van der Waals surface area contributed by atoms with Crippen molar-refractivity contribution >= 4 is 40.4 Å². The summed E-state index contributed by atoms with van der Waals surface area (Å²) >= 11 is 1.54. The monoisotopic (exact) mass is 591 g/mol. The van der Waals surface area contributed by atoms with Gasteiger partial charge in [-0.3, -0.25) is 19.3 Å². The van der Waals surface area contributed by atoms with Gasteiger partial charge in [0, 0.05) is 31.7 Å². The molecule has 1 heterocycles. The maximum atomic E-state index is 12.6. The van der Waals surface area contributed by atoms with Crippen LogP contribution in [0.25, 0.3) is 10.8 Å². The minimum absolute atomic E-state index is 0.183. The van der Waals surface area contributed by atoms with Crippen molar-refractivity contribution in [3.05, 3.63) is 83.9 Å². The maximum Gasteiger partial charge on any atom is 0.250 e. The molecule has 3 amide bonds. The molecule has 3 aromatic carbocycles. The van der Waals surface area contributed by atoms with Crippen LogP contribution in [0.5, 0.6) is 0 Å². The lowest BCUT2D eigenvalue weighted by Crippen LogP contribution is -2.48. The van der Waals surface area contributed by atoms with E-state index in [1.807, 2.05) is 36.6 Å². The Bertz CT molecular complexity index is 1330. The van der Waals surface area contributed by atoms with Crippen molar-refractivity contribution in [1.29, 1.82) is 0 Å². The van der Waals surface area contributed by atoms with Crippen molar-refractivity contribution in [3.63, 3.8) is 0 Å². The standard InChI is InChI=1S/C32H41N5O4S/c1-23(27-14-8-12-25-11-6-7-13-28(25)27)36-17-15-26(16-18-36)37(42-2)22-31(40)34-21-30(39)33-20-29(38)32(41)35-19-24-9-4-3-5-10-24/h3-14,23,26,29,38H,15-22H2,1-2H3,(H,33,39)(H,34,40)(H,35,41). The number of nitrogens with zero attached hydrogens (tertiary/aromatic N) is 2. The van der Waals surface area contributed by atoms with Gasteiger partial charge < -0.3 is 21.1 Å². The number of piperidine rings is 1. The van der Waals surface area contributed by atoms with Gasteiger partial charge in [0.2, 0.25) is 11.8 Å².